The molecule has 2 atom stereocenters. The molecule has 1 aromatic carbocycles. The Morgan fingerprint density at radius 3 is 2.94 bits per heavy atom. The summed E-state index contributed by atoms with van der Waals surface area (Å²) >= 11 is 0. The molecule has 5 nitrogen and oxygen atoms in total. The SMILES string of the molecule is Cc1cccc2c1OCC(N(C)CC(=O)O)C2O. The largest absolute Gasteiger partial charge is 0.491 e. The number of carboxylic acid groups (broad SMARTS) is 1. The van der Waals surface area contributed by atoms with E-state index in [1.54, 1.807) is 11.9 Å². The van der Waals surface area contributed by atoms with Crippen LogP contribution in [0.4, 0.5) is 0 Å². The maximum absolute atomic E-state index is 10.7. The number of aliphatic carboxylic acids is 1. The van der Waals surface area contributed by atoms with Crippen LogP contribution >= 0.6 is 0 Å². The number of aliphatic hydroxyl groups excluding tert-OH is 1. The Bertz CT molecular complexity index is 460. The molecule has 1 heterocycles. The van der Waals surface area contributed by atoms with Crippen LogP contribution in [0, 0.1) is 6.92 Å². The second-order valence-electron chi connectivity index (χ2n) is 4.63. The van der Waals surface area contributed by atoms with Crippen LogP contribution < -0.4 is 4.74 Å². The predicted molar refractivity (Wildman–Crippen MR) is 65.7 cm³/mol. The molecule has 1 aromatic rings. The number of hydrogen-bond acceptors (Lipinski definition) is 4. The van der Waals surface area contributed by atoms with Crippen LogP contribution in [0.1, 0.15) is 17.2 Å². The molecule has 0 fully saturated rings. The van der Waals surface area contributed by atoms with Gasteiger partial charge < -0.3 is 14.9 Å². The van der Waals surface area contributed by atoms with Crippen LogP contribution in [0.3, 0.4) is 0 Å². The zero-order valence-electron chi connectivity index (χ0n) is 10.5. The van der Waals surface area contributed by atoms with E-state index in [1.807, 2.05) is 25.1 Å². The van der Waals surface area contributed by atoms with Crippen LogP contribution in [0.2, 0.25) is 0 Å². The smallest absolute Gasteiger partial charge is 0.317 e. The number of benzene rings is 1. The van der Waals surface area contributed by atoms with Crippen molar-refractivity contribution >= 4 is 5.97 Å². The van der Waals surface area contributed by atoms with Gasteiger partial charge in [-0.1, -0.05) is 18.2 Å². The third-order valence-electron chi connectivity index (χ3n) is 3.27. The van der Waals surface area contributed by atoms with E-state index < -0.39 is 12.1 Å². The van der Waals surface area contributed by atoms with Crippen molar-refractivity contribution in [3.63, 3.8) is 0 Å². The molecule has 2 rings (SSSR count). The number of nitrogens with zero attached hydrogens (tertiary/aromatic N) is 1. The van der Waals surface area contributed by atoms with Gasteiger partial charge in [-0.05, 0) is 19.5 Å². The molecular formula is C13H17NO4. The van der Waals surface area contributed by atoms with E-state index in [-0.39, 0.29) is 12.6 Å². The molecule has 2 N–H and O–H groups in total. The number of likely N-dealkylation sites (N-methyl/N-ethyl adjacent to an activating group) is 1. The number of rotatable bonds is 3. The number of fused-ring (bicyclic) bond motifs is 1. The minimum Gasteiger partial charge on any atom is -0.491 e. The maximum atomic E-state index is 10.7. The first-order chi connectivity index (χ1) is 8.50. The van der Waals surface area contributed by atoms with Crippen molar-refractivity contribution in [2.75, 3.05) is 20.2 Å². The first-order valence-electron chi connectivity index (χ1n) is 5.83. The lowest BCUT2D eigenvalue weighted by atomic mass is 9.96. The summed E-state index contributed by atoms with van der Waals surface area (Å²) in [5.74, 6) is -0.204. The molecule has 0 aliphatic carbocycles. The van der Waals surface area contributed by atoms with Crippen molar-refractivity contribution in [2.24, 2.45) is 0 Å². The molecule has 2 unspecified atom stereocenters. The molecular weight excluding hydrogens is 234 g/mol. The van der Waals surface area contributed by atoms with Gasteiger partial charge in [-0.25, -0.2) is 0 Å². The lowest BCUT2D eigenvalue weighted by molar-refractivity contribution is -0.139. The molecule has 0 bridgehead atoms. The zero-order valence-corrected chi connectivity index (χ0v) is 10.5. The maximum Gasteiger partial charge on any atom is 0.317 e. The topological polar surface area (TPSA) is 70.0 Å². The van der Waals surface area contributed by atoms with Crippen molar-refractivity contribution in [1.29, 1.82) is 0 Å². The molecule has 0 saturated carbocycles. The van der Waals surface area contributed by atoms with E-state index in [1.165, 1.54) is 0 Å². The highest BCUT2D eigenvalue weighted by atomic mass is 16.5. The number of ether oxygens (including phenoxy) is 1. The number of carbonyl (C=O) groups is 1. The van der Waals surface area contributed by atoms with Crippen LogP contribution in [-0.2, 0) is 4.79 Å². The van der Waals surface area contributed by atoms with Crippen molar-refractivity contribution in [3.8, 4) is 5.75 Å². The van der Waals surface area contributed by atoms with Gasteiger partial charge in [-0.3, -0.25) is 9.69 Å². The Morgan fingerprint density at radius 2 is 2.28 bits per heavy atom. The molecule has 0 radical (unpaired) electrons. The van der Waals surface area contributed by atoms with Crippen molar-refractivity contribution < 1.29 is 19.7 Å². The summed E-state index contributed by atoms with van der Waals surface area (Å²) in [6, 6.07) is 5.26. The molecule has 0 saturated heterocycles. The lowest BCUT2D eigenvalue weighted by Crippen LogP contribution is -2.45. The molecule has 5 heteroatoms. The molecule has 18 heavy (non-hydrogen) atoms. The average molecular weight is 251 g/mol. The fourth-order valence-corrected chi connectivity index (χ4v) is 2.27. The van der Waals surface area contributed by atoms with Crippen molar-refractivity contribution in [1.82, 2.24) is 4.90 Å². The van der Waals surface area contributed by atoms with Gasteiger partial charge in [-0.2, -0.15) is 0 Å². The highest BCUT2D eigenvalue weighted by Gasteiger charge is 2.33. The van der Waals surface area contributed by atoms with Gasteiger partial charge in [0.2, 0.25) is 0 Å². The molecule has 0 spiro atoms. The monoisotopic (exact) mass is 251 g/mol. The van der Waals surface area contributed by atoms with Gasteiger partial charge >= 0.3 is 5.97 Å². The Morgan fingerprint density at radius 1 is 1.56 bits per heavy atom. The standard InChI is InChI=1S/C13H17NO4/c1-8-4-3-5-9-12(17)10(7-18-13(8)9)14(2)6-11(15)16/h3-5,10,12,17H,6-7H2,1-2H3,(H,15,16). The minimum absolute atomic E-state index is 0.119. The quantitative estimate of drug-likeness (QED) is 0.831. The fraction of sp³-hybridized carbons (Fsp3) is 0.462. The fourth-order valence-electron chi connectivity index (χ4n) is 2.27. The van der Waals surface area contributed by atoms with Gasteiger partial charge in [0.15, 0.2) is 0 Å². The third kappa shape index (κ3) is 2.32. The Labute approximate surface area is 106 Å². The highest BCUT2D eigenvalue weighted by molar-refractivity contribution is 5.69. The number of para-hydroxylation sites is 1. The first kappa shape index (κ1) is 12.9. The van der Waals surface area contributed by atoms with Gasteiger partial charge in [-0.15, -0.1) is 0 Å². The number of aryl methyl sites for hydroxylation is 1. The Hall–Kier alpha value is -1.59. The van der Waals surface area contributed by atoms with Crippen LogP contribution in [-0.4, -0.2) is 47.3 Å². The summed E-state index contributed by atoms with van der Waals surface area (Å²) in [5.41, 5.74) is 1.70. The molecule has 98 valence electrons. The summed E-state index contributed by atoms with van der Waals surface area (Å²) in [6.07, 6.45) is -0.724. The second-order valence-corrected chi connectivity index (χ2v) is 4.63. The number of carboxylic acids is 1. The summed E-state index contributed by atoms with van der Waals surface area (Å²) in [5, 5.41) is 19.1. The molecule has 1 aliphatic rings. The highest BCUT2D eigenvalue weighted by Crippen LogP contribution is 2.35. The Kier molecular flexibility index (Phi) is 3.54. The van der Waals surface area contributed by atoms with E-state index in [0.29, 0.717) is 12.4 Å². The second kappa shape index (κ2) is 4.96. The summed E-state index contributed by atoms with van der Waals surface area (Å²) in [6.45, 7) is 2.10. The van der Waals surface area contributed by atoms with Crippen LogP contribution in [0.15, 0.2) is 18.2 Å². The number of hydrogen-bond donors (Lipinski definition) is 2. The van der Waals surface area contributed by atoms with E-state index >= 15 is 0 Å². The van der Waals surface area contributed by atoms with Crippen LogP contribution in [0.5, 0.6) is 5.75 Å². The first-order valence-corrected chi connectivity index (χ1v) is 5.83. The van der Waals surface area contributed by atoms with Crippen molar-refractivity contribution in [2.45, 2.75) is 19.1 Å². The average Bonchev–Trinajstić information content (AvgIpc) is 2.29. The van der Waals surface area contributed by atoms with Gasteiger partial charge in [0.1, 0.15) is 18.5 Å². The molecule has 1 aliphatic heterocycles. The Balaban J connectivity index is 2.23. The van der Waals surface area contributed by atoms with E-state index in [4.69, 9.17) is 9.84 Å². The zero-order chi connectivity index (χ0) is 13.3. The van der Waals surface area contributed by atoms with E-state index in [0.717, 1.165) is 11.1 Å². The summed E-state index contributed by atoms with van der Waals surface area (Å²) < 4.78 is 5.65. The predicted octanol–water partition coefficient (Wildman–Crippen LogP) is 0.806. The van der Waals surface area contributed by atoms with E-state index in [9.17, 15) is 9.90 Å². The van der Waals surface area contributed by atoms with Gasteiger partial charge in [0.25, 0.3) is 0 Å². The summed E-state index contributed by atoms with van der Waals surface area (Å²) in [7, 11) is 1.67. The van der Waals surface area contributed by atoms with Crippen LogP contribution in [0.25, 0.3) is 0 Å². The van der Waals surface area contributed by atoms with Crippen molar-refractivity contribution in [3.05, 3.63) is 29.3 Å². The lowest BCUT2D eigenvalue weighted by Gasteiger charge is -2.36. The third-order valence-corrected chi connectivity index (χ3v) is 3.27. The number of aliphatic hydroxyl groups is 1. The van der Waals surface area contributed by atoms with Gasteiger partial charge in [0, 0.05) is 5.56 Å². The van der Waals surface area contributed by atoms with E-state index in [2.05, 4.69) is 0 Å². The summed E-state index contributed by atoms with van der Waals surface area (Å²) in [4.78, 5) is 12.3. The van der Waals surface area contributed by atoms with Gasteiger partial charge in [0.05, 0.1) is 12.6 Å². The molecule has 0 aromatic heterocycles. The minimum atomic E-state index is -0.917. The molecule has 0 amide bonds. The normalized spacial score (nSPS) is 22.4.